The molecule has 3 aromatic heterocycles. The second kappa shape index (κ2) is 7.98. The van der Waals surface area contributed by atoms with Gasteiger partial charge in [0.1, 0.15) is 42.0 Å². The minimum absolute atomic E-state index is 0.134. The number of aryl methyl sites for hydroxylation is 2. The fourth-order valence-corrected chi connectivity index (χ4v) is 4.93. The van der Waals surface area contributed by atoms with E-state index in [4.69, 9.17) is 4.74 Å². The summed E-state index contributed by atoms with van der Waals surface area (Å²) in [6.07, 6.45) is -1.52. The van der Waals surface area contributed by atoms with E-state index in [2.05, 4.69) is 20.2 Å². The molecule has 1 fully saturated rings. The maximum atomic E-state index is 15.1. The van der Waals surface area contributed by atoms with Gasteiger partial charge in [-0.05, 0) is 26.0 Å². The molecule has 0 saturated carbocycles. The molecule has 32 heavy (non-hydrogen) atoms. The predicted molar refractivity (Wildman–Crippen MR) is 112 cm³/mol. The number of ether oxygens (including phenoxy) is 1. The van der Waals surface area contributed by atoms with Crippen molar-refractivity contribution in [2.24, 2.45) is 0 Å². The Labute approximate surface area is 185 Å². The van der Waals surface area contributed by atoms with Gasteiger partial charge in [0.05, 0.1) is 21.8 Å². The molecular weight excluding hydrogens is 439 g/mol. The molecule has 3 N–H and O–H groups in total. The molecule has 4 heterocycles. The lowest BCUT2D eigenvalue weighted by Crippen LogP contribution is -2.53. The summed E-state index contributed by atoms with van der Waals surface area (Å²) in [6.45, 7) is 3.00. The maximum Gasteiger partial charge on any atom is 0.164 e. The average molecular weight is 460 g/mol. The summed E-state index contributed by atoms with van der Waals surface area (Å²) in [6, 6.07) is 3.71. The zero-order valence-corrected chi connectivity index (χ0v) is 18.0. The van der Waals surface area contributed by atoms with Crippen LogP contribution in [0.15, 0.2) is 30.6 Å². The number of nitrogens with zero attached hydrogens (tertiary/aromatic N) is 6. The molecule has 10 nitrogen and oxygen atoms in total. The number of benzene rings is 1. The number of fused-ring (bicyclic) bond motifs is 1. The number of aliphatic hydroxyl groups is 3. The highest BCUT2D eigenvalue weighted by Crippen LogP contribution is 2.38. The lowest BCUT2D eigenvalue weighted by molar-refractivity contribution is -0.210. The molecule has 0 spiro atoms. The van der Waals surface area contributed by atoms with Gasteiger partial charge in [0.25, 0.3) is 0 Å². The molecule has 4 aromatic rings. The normalized spacial score (nSPS) is 26.1. The highest BCUT2D eigenvalue weighted by Gasteiger charge is 2.48. The molecule has 0 bridgehead atoms. The Balaban J connectivity index is 1.62. The van der Waals surface area contributed by atoms with E-state index in [1.54, 1.807) is 25.3 Å². The van der Waals surface area contributed by atoms with Crippen LogP contribution >= 0.6 is 11.3 Å². The molecule has 1 unspecified atom stereocenters. The van der Waals surface area contributed by atoms with Crippen molar-refractivity contribution in [2.45, 2.75) is 44.3 Å². The van der Waals surface area contributed by atoms with Gasteiger partial charge in [0.15, 0.2) is 11.6 Å². The van der Waals surface area contributed by atoms with Crippen molar-refractivity contribution >= 4 is 21.6 Å². The van der Waals surface area contributed by atoms with Crippen LogP contribution in [0.1, 0.15) is 28.8 Å². The van der Waals surface area contributed by atoms with Gasteiger partial charge in [-0.15, -0.1) is 11.3 Å². The Morgan fingerprint density at radius 3 is 2.72 bits per heavy atom. The van der Waals surface area contributed by atoms with Crippen LogP contribution in [0.4, 0.5) is 4.39 Å². The van der Waals surface area contributed by atoms with Crippen LogP contribution in [0.2, 0.25) is 0 Å². The number of rotatable bonds is 4. The molecule has 168 valence electrons. The van der Waals surface area contributed by atoms with E-state index in [1.807, 2.05) is 6.92 Å². The maximum absolute atomic E-state index is 15.1. The number of halogens is 1. The third kappa shape index (κ3) is 3.40. The summed E-state index contributed by atoms with van der Waals surface area (Å²) in [4.78, 5) is 8.70. The number of aliphatic hydroxyl groups excluding tert-OH is 3. The van der Waals surface area contributed by atoms with Crippen molar-refractivity contribution in [2.75, 3.05) is 6.61 Å². The van der Waals surface area contributed by atoms with Crippen molar-refractivity contribution < 1.29 is 24.4 Å². The first-order valence-corrected chi connectivity index (χ1v) is 10.8. The Hall–Kier alpha value is -2.77. The van der Waals surface area contributed by atoms with E-state index in [-0.39, 0.29) is 11.5 Å². The quantitative estimate of drug-likeness (QED) is 0.414. The summed E-state index contributed by atoms with van der Waals surface area (Å²) >= 11 is 1.42. The highest BCUT2D eigenvalue weighted by molar-refractivity contribution is 7.18. The van der Waals surface area contributed by atoms with Crippen LogP contribution in [-0.4, -0.2) is 69.8 Å². The van der Waals surface area contributed by atoms with Crippen molar-refractivity contribution in [3.63, 3.8) is 0 Å². The molecule has 1 saturated heterocycles. The van der Waals surface area contributed by atoms with Crippen LogP contribution in [-0.2, 0) is 4.74 Å². The fourth-order valence-electron chi connectivity index (χ4n) is 4.09. The van der Waals surface area contributed by atoms with E-state index < -0.39 is 42.9 Å². The molecule has 0 radical (unpaired) electrons. The van der Waals surface area contributed by atoms with Crippen molar-refractivity contribution in [3.8, 4) is 5.69 Å². The van der Waals surface area contributed by atoms with Gasteiger partial charge >= 0.3 is 0 Å². The molecule has 5 rings (SSSR count). The zero-order chi connectivity index (χ0) is 22.6. The minimum Gasteiger partial charge on any atom is -0.394 e. The van der Waals surface area contributed by atoms with E-state index in [1.165, 1.54) is 33.0 Å². The van der Waals surface area contributed by atoms with Gasteiger partial charge in [-0.2, -0.15) is 10.2 Å². The Kier molecular flexibility index (Phi) is 5.26. The van der Waals surface area contributed by atoms with Gasteiger partial charge in [0, 0.05) is 18.5 Å². The molecule has 1 aromatic carbocycles. The molecule has 1 aliphatic heterocycles. The highest BCUT2D eigenvalue weighted by atomic mass is 32.1. The average Bonchev–Trinajstić information content (AvgIpc) is 3.47. The topological polar surface area (TPSA) is 131 Å². The van der Waals surface area contributed by atoms with E-state index >= 15 is 4.39 Å². The lowest BCUT2D eigenvalue weighted by Gasteiger charge is -2.41. The summed E-state index contributed by atoms with van der Waals surface area (Å²) in [5, 5.41) is 40.9. The zero-order valence-electron chi connectivity index (χ0n) is 17.2. The number of thiazole rings is 1. The van der Waals surface area contributed by atoms with E-state index in [0.717, 1.165) is 9.71 Å². The summed E-state index contributed by atoms with van der Waals surface area (Å²) < 4.78 is 24.4. The Bertz CT molecular complexity index is 1260. The number of aromatic nitrogens is 6. The summed E-state index contributed by atoms with van der Waals surface area (Å²) in [7, 11) is 0. The number of hydrogen-bond acceptors (Lipinski definition) is 9. The molecule has 0 amide bonds. The lowest BCUT2D eigenvalue weighted by atomic mass is 9.92. The van der Waals surface area contributed by atoms with Crippen molar-refractivity contribution in [3.05, 3.63) is 53.1 Å². The van der Waals surface area contributed by atoms with E-state index in [9.17, 15) is 15.3 Å². The second-order valence-electron chi connectivity index (χ2n) is 7.67. The molecule has 0 aliphatic carbocycles. The molecule has 12 heteroatoms. The van der Waals surface area contributed by atoms with Crippen LogP contribution in [0, 0.1) is 19.7 Å². The minimum atomic E-state index is -1.30. The van der Waals surface area contributed by atoms with Crippen molar-refractivity contribution in [1.82, 2.24) is 29.5 Å². The first-order valence-electron chi connectivity index (χ1n) is 9.99. The first kappa shape index (κ1) is 21.1. The van der Waals surface area contributed by atoms with Gasteiger partial charge in [-0.3, -0.25) is 4.68 Å². The fraction of sp³-hybridized carbons (Fsp3) is 0.400. The van der Waals surface area contributed by atoms with Crippen molar-refractivity contribution in [1.29, 1.82) is 0 Å². The monoisotopic (exact) mass is 460 g/mol. The van der Waals surface area contributed by atoms with Crippen LogP contribution in [0.25, 0.3) is 15.9 Å². The predicted octanol–water partition coefficient (Wildman–Crippen LogP) is 1.22. The van der Waals surface area contributed by atoms with Crippen LogP contribution in [0.3, 0.4) is 0 Å². The second-order valence-corrected chi connectivity index (χ2v) is 8.90. The van der Waals surface area contributed by atoms with Crippen LogP contribution < -0.4 is 0 Å². The Morgan fingerprint density at radius 1 is 1.19 bits per heavy atom. The smallest absolute Gasteiger partial charge is 0.164 e. The summed E-state index contributed by atoms with van der Waals surface area (Å²) in [5.74, 6) is -0.0586. The third-order valence-corrected chi connectivity index (χ3v) is 6.44. The summed E-state index contributed by atoms with van der Waals surface area (Å²) in [5.41, 5.74) is 0.679. The van der Waals surface area contributed by atoms with Gasteiger partial charge in [-0.1, -0.05) is 0 Å². The molecule has 5 atom stereocenters. The van der Waals surface area contributed by atoms with Gasteiger partial charge in [-0.25, -0.2) is 19.0 Å². The van der Waals surface area contributed by atoms with Gasteiger partial charge < -0.3 is 20.1 Å². The Morgan fingerprint density at radius 2 is 2.00 bits per heavy atom. The van der Waals surface area contributed by atoms with E-state index in [0.29, 0.717) is 11.3 Å². The molecule has 1 aliphatic rings. The first-order chi connectivity index (χ1) is 15.4. The molecular formula is C20H21FN6O4S. The number of hydrogen-bond donors (Lipinski definition) is 3. The SMILES string of the molecule is Cc1nc(C2O[C@@H](CO)[C@@H](O)[C@@H](n3cccn3)[C@@H]2O)n(-c2cc3sc(C)nc3cc2F)n1. The van der Waals surface area contributed by atoms with Gasteiger partial charge in [0.2, 0.25) is 0 Å². The standard InChI is InChI=1S/C20H21FN6O4S/c1-9-23-20(27(25-9)13-7-15-12(6-11(13)21)24-10(2)32-15)19-18(30)16(26-5-3-4-22-26)17(29)14(8-28)31-19/h3-7,14,16-19,28-30H,8H2,1-2H3/t14-,16+,17+,18-,19?/m0/s1. The largest absolute Gasteiger partial charge is 0.394 e. The van der Waals surface area contributed by atoms with Crippen LogP contribution in [0.5, 0.6) is 0 Å². The third-order valence-electron chi connectivity index (χ3n) is 5.51.